The summed E-state index contributed by atoms with van der Waals surface area (Å²) in [6, 6.07) is 5.16. The highest BCUT2D eigenvalue weighted by atomic mass is 79.9. The number of halogens is 1. The highest BCUT2D eigenvalue weighted by Gasteiger charge is 2.24. The van der Waals surface area contributed by atoms with Gasteiger partial charge in [0.05, 0.1) is 10.0 Å². The van der Waals surface area contributed by atoms with E-state index < -0.39 is 6.10 Å². The zero-order valence-electron chi connectivity index (χ0n) is 12.2. The first-order valence-corrected chi connectivity index (χ1v) is 7.32. The number of carbonyl (C=O) groups excluding carboxylic acids is 2. The van der Waals surface area contributed by atoms with Gasteiger partial charge in [0.2, 0.25) is 0 Å². The molecule has 0 saturated heterocycles. The van der Waals surface area contributed by atoms with E-state index in [4.69, 9.17) is 4.74 Å². The van der Waals surface area contributed by atoms with Crippen LogP contribution in [0.3, 0.4) is 0 Å². The number of para-hydroxylation sites is 1. The molecular formula is C15H20BrNO3. The Hall–Kier alpha value is -1.36. The monoisotopic (exact) mass is 341 g/mol. The van der Waals surface area contributed by atoms with E-state index in [0.717, 1.165) is 6.42 Å². The molecule has 0 aromatic heterocycles. The summed E-state index contributed by atoms with van der Waals surface area (Å²) in [5.74, 6) is 0.184. The lowest BCUT2D eigenvalue weighted by atomic mass is 10.0. The fraction of sp³-hybridized carbons (Fsp3) is 0.467. The van der Waals surface area contributed by atoms with Crippen LogP contribution in [0.25, 0.3) is 0 Å². The molecule has 0 aliphatic heterocycles. The third kappa shape index (κ3) is 4.34. The van der Waals surface area contributed by atoms with Gasteiger partial charge in [-0.3, -0.25) is 9.59 Å². The Balaban J connectivity index is 2.83. The topological polar surface area (TPSA) is 55.4 Å². The first-order valence-electron chi connectivity index (χ1n) is 6.53. The number of hydrogen-bond donors (Lipinski definition) is 1. The van der Waals surface area contributed by atoms with Crippen molar-refractivity contribution in [3.63, 3.8) is 0 Å². The van der Waals surface area contributed by atoms with Crippen LogP contribution in [0.15, 0.2) is 22.7 Å². The second kappa shape index (κ2) is 6.88. The van der Waals surface area contributed by atoms with Gasteiger partial charge in [0.25, 0.3) is 5.91 Å². The van der Waals surface area contributed by atoms with Gasteiger partial charge in [0, 0.05) is 5.54 Å². The molecule has 1 amide bonds. The van der Waals surface area contributed by atoms with E-state index in [9.17, 15) is 9.59 Å². The van der Waals surface area contributed by atoms with E-state index in [1.165, 1.54) is 0 Å². The quantitative estimate of drug-likeness (QED) is 0.807. The largest absolute Gasteiger partial charge is 0.479 e. The van der Waals surface area contributed by atoms with Crippen LogP contribution < -0.4 is 10.1 Å². The van der Waals surface area contributed by atoms with Crippen LogP contribution in [0, 0.1) is 0 Å². The summed E-state index contributed by atoms with van der Waals surface area (Å²) in [6.45, 7) is 7.57. The molecule has 1 rings (SSSR count). The first kappa shape index (κ1) is 16.7. The van der Waals surface area contributed by atoms with Gasteiger partial charge in [-0.25, -0.2) is 0 Å². The Morgan fingerprint density at radius 3 is 2.70 bits per heavy atom. The molecule has 0 saturated carbocycles. The molecule has 110 valence electrons. The van der Waals surface area contributed by atoms with E-state index >= 15 is 0 Å². The van der Waals surface area contributed by atoms with Crippen LogP contribution in [0.5, 0.6) is 5.75 Å². The van der Waals surface area contributed by atoms with Crippen molar-refractivity contribution < 1.29 is 14.3 Å². The van der Waals surface area contributed by atoms with E-state index in [-0.39, 0.29) is 11.4 Å². The van der Waals surface area contributed by atoms with Crippen LogP contribution in [0.2, 0.25) is 0 Å². The van der Waals surface area contributed by atoms with Gasteiger partial charge < -0.3 is 10.1 Å². The number of nitrogens with one attached hydrogen (secondary N) is 1. The molecule has 0 heterocycles. The number of rotatable bonds is 6. The average Bonchev–Trinajstić information content (AvgIpc) is 2.40. The predicted octanol–water partition coefficient (Wildman–Crippen LogP) is 3.33. The summed E-state index contributed by atoms with van der Waals surface area (Å²) in [6.07, 6.45) is 0.846. The second-order valence-corrected chi connectivity index (χ2v) is 6.12. The van der Waals surface area contributed by atoms with Crippen LogP contribution in [0.4, 0.5) is 0 Å². The van der Waals surface area contributed by atoms with Crippen molar-refractivity contribution in [1.82, 2.24) is 5.32 Å². The van der Waals surface area contributed by atoms with Gasteiger partial charge in [0.15, 0.2) is 12.4 Å². The van der Waals surface area contributed by atoms with Gasteiger partial charge in [-0.2, -0.15) is 0 Å². The molecular weight excluding hydrogens is 322 g/mol. The zero-order chi connectivity index (χ0) is 15.3. The van der Waals surface area contributed by atoms with Crippen molar-refractivity contribution in [3.05, 3.63) is 28.2 Å². The third-order valence-corrected chi connectivity index (χ3v) is 3.76. The minimum absolute atomic E-state index is 0.204. The maximum Gasteiger partial charge on any atom is 0.261 e. The van der Waals surface area contributed by atoms with Crippen molar-refractivity contribution in [2.24, 2.45) is 0 Å². The van der Waals surface area contributed by atoms with Crippen molar-refractivity contribution in [2.45, 2.75) is 45.8 Å². The van der Waals surface area contributed by atoms with E-state index in [2.05, 4.69) is 21.2 Å². The Labute approximate surface area is 128 Å². The molecule has 1 aromatic rings. The van der Waals surface area contributed by atoms with Crippen molar-refractivity contribution in [3.8, 4) is 5.75 Å². The number of ether oxygens (including phenoxy) is 1. The van der Waals surface area contributed by atoms with E-state index in [0.29, 0.717) is 22.1 Å². The molecule has 0 aliphatic rings. The van der Waals surface area contributed by atoms with Crippen LogP contribution >= 0.6 is 15.9 Å². The minimum atomic E-state index is -0.682. The molecule has 1 N–H and O–H groups in total. The molecule has 20 heavy (non-hydrogen) atoms. The molecule has 1 unspecified atom stereocenters. The number of hydrogen-bond acceptors (Lipinski definition) is 3. The summed E-state index contributed by atoms with van der Waals surface area (Å²) >= 11 is 3.33. The van der Waals surface area contributed by atoms with Crippen LogP contribution in [-0.4, -0.2) is 23.8 Å². The fourth-order valence-electron chi connectivity index (χ4n) is 1.50. The number of benzene rings is 1. The molecule has 1 atom stereocenters. The summed E-state index contributed by atoms with van der Waals surface area (Å²) < 4.78 is 6.28. The Kier molecular flexibility index (Phi) is 5.74. The maximum atomic E-state index is 12.1. The lowest BCUT2D eigenvalue weighted by Crippen LogP contribution is -2.48. The lowest BCUT2D eigenvalue weighted by Gasteiger charge is -2.27. The molecule has 5 heteroatoms. The summed E-state index contributed by atoms with van der Waals surface area (Å²) in [5, 5.41) is 2.92. The van der Waals surface area contributed by atoms with Gasteiger partial charge in [-0.1, -0.05) is 13.0 Å². The average molecular weight is 342 g/mol. The summed E-state index contributed by atoms with van der Waals surface area (Å²) in [7, 11) is 0. The number of carbonyl (C=O) groups is 2. The van der Waals surface area contributed by atoms with Crippen molar-refractivity contribution in [2.75, 3.05) is 0 Å². The van der Waals surface area contributed by atoms with Crippen molar-refractivity contribution in [1.29, 1.82) is 0 Å². The maximum absolute atomic E-state index is 12.1. The SMILES string of the molecule is CCC(C)(C)NC(=O)C(C)Oc1c(Br)cccc1C=O. The Bertz CT molecular complexity index is 500. The molecule has 0 fully saturated rings. The Morgan fingerprint density at radius 2 is 2.15 bits per heavy atom. The van der Waals surface area contributed by atoms with Gasteiger partial charge in [-0.05, 0) is 55.3 Å². The molecule has 0 aliphatic carbocycles. The Morgan fingerprint density at radius 1 is 1.50 bits per heavy atom. The van der Waals surface area contributed by atoms with Crippen molar-refractivity contribution >= 4 is 28.1 Å². The lowest BCUT2D eigenvalue weighted by molar-refractivity contribution is -0.129. The summed E-state index contributed by atoms with van der Waals surface area (Å²) in [5.41, 5.74) is 0.129. The fourth-order valence-corrected chi connectivity index (χ4v) is 1.97. The highest BCUT2D eigenvalue weighted by molar-refractivity contribution is 9.10. The third-order valence-electron chi connectivity index (χ3n) is 3.13. The predicted molar refractivity (Wildman–Crippen MR) is 82.1 cm³/mol. The van der Waals surface area contributed by atoms with Gasteiger partial charge in [0.1, 0.15) is 5.75 Å². The number of amides is 1. The van der Waals surface area contributed by atoms with E-state index in [1.807, 2.05) is 20.8 Å². The molecule has 1 aromatic carbocycles. The van der Waals surface area contributed by atoms with Crippen LogP contribution in [-0.2, 0) is 4.79 Å². The molecule has 0 spiro atoms. The highest BCUT2D eigenvalue weighted by Crippen LogP contribution is 2.29. The molecule has 0 bridgehead atoms. The summed E-state index contributed by atoms with van der Waals surface area (Å²) in [4.78, 5) is 23.1. The first-order chi connectivity index (χ1) is 9.30. The minimum Gasteiger partial charge on any atom is -0.479 e. The van der Waals surface area contributed by atoms with E-state index in [1.54, 1.807) is 25.1 Å². The zero-order valence-corrected chi connectivity index (χ0v) is 13.8. The van der Waals surface area contributed by atoms with Gasteiger partial charge in [-0.15, -0.1) is 0 Å². The van der Waals surface area contributed by atoms with Gasteiger partial charge >= 0.3 is 0 Å². The molecule has 4 nitrogen and oxygen atoms in total. The number of aldehydes is 1. The van der Waals surface area contributed by atoms with Crippen LogP contribution in [0.1, 0.15) is 44.5 Å². The normalized spacial score (nSPS) is 12.7. The standard InChI is InChI=1S/C15H20BrNO3/c1-5-15(3,4)17-14(19)10(2)20-13-11(9-18)7-6-8-12(13)16/h6-10H,5H2,1-4H3,(H,17,19). The smallest absolute Gasteiger partial charge is 0.261 e. The molecule has 0 radical (unpaired) electrons. The second-order valence-electron chi connectivity index (χ2n) is 5.26.